The Hall–Kier alpha value is -1.59. The first-order valence-electron chi connectivity index (χ1n) is 5.66. The van der Waals surface area contributed by atoms with Crippen molar-refractivity contribution in [3.8, 4) is 0 Å². The Balaban J connectivity index is 2.14. The van der Waals surface area contributed by atoms with Crippen LogP contribution in [0.4, 0.5) is 0 Å². The summed E-state index contributed by atoms with van der Waals surface area (Å²) in [4.78, 5) is 11.3. The quantitative estimate of drug-likeness (QED) is 0.738. The van der Waals surface area contributed by atoms with Gasteiger partial charge in [0, 0.05) is 26.7 Å². The molecule has 0 atom stereocenters. The van der Waals surface area contributed by atoms with Crippen LogP contribution in [0.15, 0.2) is 27.4 Å². The Kier molecular flexibility index (Phi) is 3.61. The molecule has 1 aromatic carbocycles. The molecule has 0 amide bonds. The van der Waals surface area contributed by atoms with Gasteiger partial charge in [-0.1, -0.05) is 6.07 Å². The molecule has 1 heterocycles. The number of hydrogen-bond acceptors (Lipinski definition) is 4. The Morgan fingerprint density at radius 1 is 1.35 bits per heavy atom. The normalized spacial score (nSPS) is 11.2. The molecule has 0 fully saturated rings. The average Bonchev–Trinajstić information content (AvgIpc) is 2.61. The molecule has 0 spiro atoms. The Bertz CT molecular complexity index is 556. The van der Waals surface area contributed by atoms with Gasteiger partial charge in [-0.15, -0.1) is 0 Å². The van der Waals surface area contributed by atoms with E-state index in [1.54, 1.807) is 7.05 Å². The van der Waals surface area contributed by atoms with E-state index >= 15 is 0 Å². The van der Waals surface area contributed by atoms with Crippen molar-refractivity contribution in [2.45, 2.75) is 6.54 Å². The molecule has 0 aliphatic rings. The topological polar surface area (TPSA) is 59.2 Å². The highest BCUT2D eigenvalue weighted by atomic mass is 16.4. The maximum absolute atomic E-state index is 11.3. The van der Waals surface area contributed by atoms with Crippen LogP contribution in [-0.4, -0.2) is 24.7 Å². The number of likely N-dealkylation sites (N-methyl/N-ethyl adjacent to an activating group) is 1. The van der Waals surface area contributed by atoms with Crippen LogP contribution in [0.2, 0.25) is 0 Å². The first-order chi connectivity index (χ1) is 8.22. The van der Waals surface area contributed by atoms with E-state index < -0.39 is 0 Å². The molecular formula is C12H17N3O2. The summed E-state index contributed by atoms with van der Waals surface area (Å²) in [5, 5.41) is 6.39. The molecular weight excluding hydrogens is 218 g/mol. The molecule has 2 rings (SSSR count). The number of benzene rings is 1. The molecule has 0 bridgehead atoms. The zero-order valence-corrected chi connectivity index (χ0v) is 10.1. The second-order valence-corrected chi connectivity index (χ2v) is 4.01. The fraction of sp³-hybridized carbons (Fsp3) is 0.417. The fourth-order valence-electron chi connectivity index (χ4n) is 1.73. The maximum Gasteiger partial charge on any atom is 0.419 e. The SMILES string of the molecule is CNCCNCc1ccc2oc(=O)n(C)c2c1. The minimum absolute atomic E-state index is 0.319. The number of aromatic nitrogens is 1. The highest BCUT2D eigenvalue weighted by molar-refractivity contribution is 5.73. The molecule has 1 aromatic heterocycles. The summed E-state index contributed by atoms with van der Waals surface area (Å²) in [7, 11) is 3.64. The van der Waals surface area contributed by atoms with Gasteiger partial charge in [0.15, 0.2) is 5.58 Å². The van der Waals surface area contributed by atoms with Gasteiger partial charge in [0.1, 0.15) is 0 Å². The van der Waals surface area contributed by atoms with Crippen molar-refractivity contribution in [1.29, 1.82) is 0 Å². The van der Waals surface area contributed by atoms with E-state index in [1.165, 1.54) is 4.57 Å². The van der Waals surface area contributed by atoms with Crippen LogP contribution in [0.25, 0.3) is 11.1 Å². The van der Waals surface area contributed by atoms with Gasteiger partial charge in [-0.05, 0) is 24.7 Å². The molecule has 0 saturated carbocycles. The second kappa shape index (κ2) is 5.16. The molecule has 17 heavy (non-hydrogen) atoms. The zero-order chi connectivity index (χ0) is 12.3. The molecule has 2 N–H and O–H groups in total. The predicted molar refractivity (Wildman–Crippen MR) is 67.1 cm³/mol. The number of nitrogens with one attached hydrogen (secondary N) is 2. The fourth-order valence-corrected chi connectivity index (χ4v) is 1.73. The van der Waals surface area contributed by atoms with Gasteiger partial charge in [0.2, 0.25) is 0 Å². The largest absolute Gasteiger partial charge is 0.419 e. The smallest absolute Gasteiger partial charge is 0.408 e. The van der Waals surface area contributed by atoms with Crippen LogP contribution < -0.4 is 16.4 Å². The highest BCUT2D eigenvalue weighted by Gasteiger charge is 2.05. The predicted octanol–water partition coefficient (Wildman–Crippen LogP) is 0.440. The van der Waals surface area contributed by atoms with E-state index in [-0.39, 0.29) is 5.76 Å². The van der Waals surface area contributed by atoms with Gasteiger partial charge in [-0.3, -0.25) is 4.57 Å². The van der Waals surface area contributed by atoms with Crippen LogP contribution >= 0.6 is 0 Å². The molecule has 5 nitrogen and oxygen atoms in total. The third-order valence-electron chi connectivity index (χ3n) is 2.74. The number of oxazole rings is 1. The Morgan fingerprint density at radius 3 is 2.94 bits per heavy atom. The standard InChI is InChI=1S/C12H17N3O2/c1-13-5-6-14-8-9-3-4-11-10(7-9)15(2)12(16)17-11/h3-4,7,13-14H,5-6,8H2,1-2H3. The molecule has 5 heteroatoms. The van der Waals surface area contributed by atoms with Gasteiger partial charge >= 0.3 is 5.76 Å². The molecule has 0 aliphatic carbocycles. The summed E-state index contributed by atoms with van der Waals surface area (Å²) in [5.41, 5.74) is 2.62. The van der Waals surface area contributed by atoms with Gasteiger partial charge in [0.05, 0.1) is 5.52 Å². The van der Waals surface area contributed by atoms with Gasteiger partial charge in [0.25, 0.3) is 0 Å². The third-order valence-corrected chi connectivity index (χ3v) is 2.74. The first-order valence-corrected chi connectivity index (χ1v) is 5.66. The van der Waals surface area contributed by atoms with Crippen molar-refractivity contribution in [2.24, 2.45) is 7.05 Å². The van der Waals surface area contributed by atoms with Crippen LogP contribution in [0, 0.1) is 0 Å². The van der Waals surface area contributed by atoms with Gasteiger partial charge < -0.3 is 15.1 Å². The number of hydrogen-bond donors (Lipinski definition) is 2. The molecule has 0 aliphatic heterocycles. The number of rotatable bonds is 5. The third kappa shape index (κ3) is 2.57. The van der Waals surface area contributed by atoms with Crippen molar-refractivity contribution in [1.82, 2.24) is 15.2 Å². The van der Waals surface area contributed by atoms with E-state index in [9.17, 15) is 4.79 Å². The summed E-state index contributed by atoms with van der Waals surface area (Å²) in [6, 6.07) is 5.79. The number of aryl methyl sites for hydroxylation is 1. The van der Waals surface area contributed by atoms with E-state index in [1.807, 2.05) is 25.2 Å². The average molecular weight is 235 g/mol. The lowest BCUT2D eigenvalue weighted by Gasteiger charge is -2.04. The first kappa shape index (κ1) is 11.9. The molecule has 92 valence electrons. The lowest BCUT2D eigenvalue weighted by atomic mass is 10.2. The van der Waals surface area contributed by atoms with Crippen LogP contribution in [0.1, 0.15) is 5.56 Å². The van der Waals surface area contributed by atoms with Crippen molar-refractivity contribution in [2.75, 3.05) is 20.1 Å². The number of nitrogens with zero attached hydrogens (tertiary/aromatic N) is 1. The van der Waals surface area contributed by atoms with Crippen LogP contribution in [0.3, 0.4) is 0 Å². The van der Waals surface area contributed by atoms with Crippen LogP contribution in [-0.2, 0) is 13.6 Å². The van der Waals surface area contributed by atoms with Crippen molar-refractivity contribution in [3.05, 3.63) is 34.3 Å². The van der Waals surface area contributed by atoms with Crippen molar-refractivity contribution in [3.63, 3.8) is 0 Å². The van der Waals surface area contributed by atoms with Crippen molar-refractivity contribution < 1.29 is 4.42 Å². The summed E-state index contributed by atoms with van der Waals surface area (Å²) >= 11 is 0. The summed E-state index contributed by atoms with van der Waals surface area (Å²) < 4.78 is 6.59. The molecule has 2 aromatic rings. The minimum Gasteiger partial charge on any atom is -0.408 e. The summed E-state index contributed by atoms with van der Waals surface area (Å²) in [6.45, 7) is 2.64. The van der Waals surface area contributed by atoms with E-state index in [0.29, 0.717) is 5.58 Å². The minimum atomic E-state index is -0.319. The second-order valence-electron chi connectivity index (χ2n) is 4.01. The van der Waals surface area contributed by atoms with Gasteiger partial charge in [-0.2, -0.15) is 0 Å². The van der Waals surface area contributed by atoms with E-state index in [2.05, 4.69) is 10.6 Å². The summed E-state index contributed by atoms with van der Waals surface area (Å²) in [5.74, 6) is -0.319. The molecule has 0 saturated heterocycles. The molecule has 0 radical (unpaired) electrons. The van der Waals surface area contributed by atoms with Gasteiger partial charge in [-0.25, -0.2) is 4.79 Å². The molecule has 0 unspecified atom stereocenters. The summed E-state index contributed by atoms with van der Waals surface area (Å²) in [6.07, 6.45) is 0. The monoisotopic (exact) mass is 235 g/mol. The zero-order valence-electron chi connectivity index (χ0n) is 10.1. The maximum atomic E-state index is 11.3. The van der Waals surface area contributed by atoms with Crippen molar-refractivity contribution >= 4 is 11.1 Å². The van der Waals surface area contributed by atoms with E-state index in [4.69, 9.17) is 4.42 Å². The number of fused-ring (bicyclic) bond motifs is 1. The Morgan fingerprint density at radius 2 is 2.18 bits per heavy atom. The Labute approximate surface area is 99.4 Å². The van der Waals surface area contributed by atoms with Crippen LogP contribution in [0.5, 0.6) is 0 Å². The van der Waals surface area contributed by atoms with E-state index in [0.717, 1.165) is 30.7 Å². The highest BCUT2D eigenvalue weighted by Crippen LogP contribution is 2.13. The lowest BCUT2D eigenvalue weighted by Crippen LogP contribution is -2.24. The lowest BCUT2D eigenvalue weighted by molar-refractivity contribution is 0.528.